The van der Waals surface area contributed by atoms with Crippen molar-refractivity contribution < 1.29 is 69.7 Å². The SMILES string of the molecule is CCC(C)CC(C)C=C(C)C(OC1OC(CO)C(OC)C(O)C1O)C(C)C=C(C)C(O)C(C)C=C(C)C(O)C(C)C=C(C)C(=O)OCC(O)C(O)C(O)CO. The van der Waals surface area contributed by atoms with Crippen LogP contribution in [0.1, 0.15) is 82.1 Å². The molecular weight excluding hydrogens is 716 g/mol. The van der Waals surface area contributed by atoms with Gasteiger partial charge in [0.15, 0.2) is 6.29 Å². The zero-order chi connectivity index (χ0) is 42.3. The van der Waals surface area contributed by atoms with Crippen molar-refractivity contribution in [3.8, 4) is 0 Å². The van der Waals surface area contributed by atoms with E-state index >= 15 is 0 Å². The molecule has 0 aromatic heterocycles. The van der Waals surface area contributed by atoms with Gasteiger partial charge in [0, 0.05) is 30.4 Å². The number of aliphatic hydroxyl groups excluding tert-OH is 9. The Hall–Kier alpha value is -2.05. The highest BCUT2D eigenvalue weighted by molar-refractivity contribution is 5.87. The molecule has 14 nitrogen and oxygen atoms in total. The van der Waals surface area contributed by atoms with E-state index < -0.39 is 105 Å². The van der Waals surface area contributed by atoms with Gasteiger partial charge < -0.3 is 64.9 Å². The molecule has 9 N–H and O–H groups in total. The molecule has 16 atom stereocenters. The smallest absolute Gasteiger partial charge is 0.333 e. The fraction of sp³-hybridized carbons (Fsp3) is 0.780. The summed E-state index contributed by atoms with van der Waals surface area (Å²) in [5.74, 6) is -1.40. The fourth-order valence-corrected chi connectivity index (χ4v) is 6.99. The number of rotatable bonds is 23. The molecule has 1 fully saturated rings. The van der Waals surface area contributed by atoms with Crippen molar-refractivity contribution in [3.63, 3.8) is 0 Å². The third kappa shape index (κ3) is 15.7. The molecule has 1 aliphatic rings. The second-order valence-corrected chi connectivity index (χ2v) is 15.6. The normalized spacial score (nSPS) is 28.0. The van der Waals surface area contributed by atoms with Gasteiger partial charge >= 0.3 is 5.97 Å². The molecule has 0 amide bonds. The van der Waals surface area contributed by atoms with Crippen molar-refractivity contribution in [2.45, 2.75) is 149 Å². The van der Waals surface area contributed by atoms with Crippen LogP contribution < -0.4 is 0 Å². The molecule has 0 saturated carbocycles. The summed E-state index contributed by atoms with van der Waals surface area (Å²) in [6, 6.07) is 0. The summed E-state index contributed by atoms with van der Waals surface area (Å²) in [4.78, 5) is 12.5. The average molecular weight is 789 g/mol. The summed E-state index contributed by atoms with van der Waals surface area (Å²) in [5, 5.41) is 92.1. The summed E-state index contributed by atoms with van der Waals surface area (Å²) in [7, 11) is 1.36. The van der Waals surface area contributed by atoms with Crippen LogP contribution in [0.2, 0.25) is 0 Å². The number of allylic oxidation sites excluding steroid dienone is 1. The first-order valence-corrected chi connectivity index (χ1v) is 19.4. The van der Waals surface area contributed by atoms with Gasteiger partial charge in [-0.25, -0.2) is 4.79 Å². The third-order valence-corrected chi connectivity index (χ3v) is 10.5. The number of carbonyl (C=O) groups excluding carboxylic acids is 1. The van der Waals surface area contributed by atoms with Crippen LogP contribution in [-0.2, 0) is 23.7 Å². The average Bonchev–Trinajstić information content (AvgIpc) is 3.14. The molecule has 0 spiro atoms. The number of ether oxygens (including phenoxy) is 4. The minimum Gasteiger partial charge on any atom is -0.459 e. The molecule has 55 heavy (non-hydrogen) atoms. The zero-order valence-electron chi connectivity index (χ0n) is 34.6. The van der Waals surface area contributed by atoms with Crippen LogP contribution >= 0.6 is 0 Å². The van der Waals surface area contributed by atoms with Gasteiger partial charge in [-0.15, -0.1) is 0 Å². The highest BCUT2D eigenvalue weighted by atomic mass is 16.7. The standard InChI is InChI=1S/C41H72O14/c1-12-21(2)13-22(3)14-27(8)38(55-41-37(50)36(49)39(52-11)32(19-43)54-41)28(9)16-25(6)33(46)23(4)15-24(5)34(47)26(7)17-29(10)40(51)53-20-31(45)35(48)30(44)18-42/h14-17,21-23,26,28,30-39,41-50H,12-13,18-20H2,1-11H3. The van der Waals surface area contributed by atoms with E-state index in [1.54, 1.807) is 26.8 Å². The first-order chi connectivity index (χ1) is 25.6. The van der Waals surface area contributed by atoms with Gasteiger partial charge in [0.1, 0.15) is 49.3 Å². The Labute approximate surface area is 327 Å². The van der Waals surface area contributed by atoms with Crippen molar-refractivity contribution in [2.24, 2.45) is 29.6 Å². The predicted molar refractivity (Wildman–Crippen MR) is 207 cm³/mol. The Morgan fingerprint density at radius 1 is 0.764 bits per heavy atom. The Morgan fingerprint density at radius 2 is 1.31 bits per heavy atom. The molecule has 14 heteroatoms. The van der Waals surface area contributed by atoms with Crippen LogP contribution in [0.3, 0.4) is 0 Å². The number of esters is 1. The minimum atomic E-state index is -1.70. The van der Waals surface area contributed by atoms with E-state index in [2.05, 4.69) is 26.8 Å². The number of carbonyl (C=O) groups is 1. The fourth-order valence-electron chi connectivity index (χ4n) is 6.99. The summed E-state index contributed by atoms with van der Waals surface area (Å²) in [6.07, 6.45) is -4.18. The highest BCUT2D eigenvalue weighted by Crippen LogP contribution is 2.31. The van der Waals surface area contributed by atoms with Crippen molar-refractivity contribution in [3.05, 3.63) is 46.6 Å². The van der Waals surface area contributed by atoms with Crippen LogP contribution in [0.15, 0.2) is 46.6 Å². The second kappa shape index (κ2) is 24.7. The van der Waals surface area contributed by atoms with E-state index in [4.69, 9.17) is 24.1 Å². The molecule has 0 aromatic carbocycles. The van der Waals surface area contributed by atoms with Crippen LogP contribution in [0, 0.1) is 29.6 Å². The summed E-state index contributed by atoms with van der Waals surface area (Å²) < 4.78 is 22.6. The van der Waals surface area contributed by atoms with Gasteiger partial charge in [-0.1, -0.05) is 72.3 Å². The first kappa shape index (κ1) is 51.0. The lowest BCUT2D eigenvalue weighted by Gasteiger charge is -2.43. The Bertz CT molecular complexity index is 1260. The lowest BCUT2D eigenvalue weighted by molar-refractivity contribution is -0.313. The number of hydrogen-bond acceptors (Lipinski definition) is 14. The highest BCUT2D eigenvalue weighted by Gasteiger charge is 2.46. The molecule has 0 aromatic rings. The Balaban J connectivity index is 3.20. The summed E-state index contributed by atoms with van der Waals surface area (Å²) in [6.45, 7) is 17.0. The van der Waals surface area contributed by atoms with Crippen LogP contribution in [-0.4, -0.2) is 146 Å². The minimum absolute atomic E-state index is 0.144. The predicted octanol–water partition coefficient (Wildman–Crippen LogP) is 1.93. The molecule has 1 aliphatic heterocycles. The first-order valence-electron chi connectivity index (χ1n) is 19.4. The third-order valence-electron chi connectivity index (χ3n) is 10.5. The maximum atomic E-state index is 12.5. The van der Waals surface area contributed by atoms with Gasteiger partial charge in [0.25, 0.3) is 0 Å². The van der Waals surface area contributed by atoms with Gasteiger partial charge in [0.2, 0.25) is 0 Å². The van der Waals surface area contributed by atoms with E-state index in [9.17, 15) is 45.6 Å². The van der Waals surface area contributed by atoms with Gasteiger partial charge in [0.05, 0.1) is 31.5 Å². The van der Waals surface area contributed by atoms with E-state index in [-0.39, 0.29) is 17.4 Å². The van der Waals surface area contributed by atoms with E-state index in [0.29, 0.717) is 17.1 Å². The lowest BCUT2D eigenvalue weighted by Crippen LogP contribution is -2.60. The largest absolute Gasteiger partial charge is 0.459 e. The summed E-state index contributed by atoms with van der Waals surface area (Å²) >= 11 is 0. The molecule has 0 aliphatic carbocycles. The van der Waals surface area contributed by atoms with Crippen molar-refractivity contribution >= 4 is 5.97 Å². The molecule has 1 heterocycles. The monoisotopic (exact) mass is 788 g/mol. The topological polar surface area (TPSA) is 236 Å². The van der Waals surface area contributed by atoms with Crippen LogP contribution in [0.5, 0.6) is 0 Å². The number of methoxy groups -OCH3 is 1. The quantitative estimate of drug-likeness (QED) is 0.0409. The second-order valence-electron chi connectivity index (χ2n) is 15.6. The van der Waals surface area contributed by atoms with Gasteiger partial charge in [-0.2, -0.15) is 0 Å². The maximum Gasteiger partial charge on any atom is 0.333 e. The van der Waals surface area contributed by atoms with Crippen LogP contribution in [0.4, 0.5) is 0 Å². The molecule has 16 unspecified atom stereocenters. The van der Waals surface area contributed by atoms with E-state index in [1.165, 1.54) is 20.1 Å². The van der Waals surface area contributed by atoms with E-state index in [1.807, 2.05) is 26.8 Å². The lowest BCUT2D eigenvalue weighted by atomic mass is 9.87. The van der Waals surface area contributed by atoms with Gasteiger partial charge in [-0.05, 0) is 62.7 Å². The summed E-state index contributed by atoms with van der Waals surface area (Å²) in [5.41, 5.74) is 2.21. The van der Waals surface area contributed by atoms with Crippen molar-refractivity contribution in [2.75, 3.05) is 26.9 Å². The molecule has 0 radical (unpaired) electrons. The number of hydrogen-bond donors (Lipinski definition) is 9. The molecule has 0 bridgehead atoms. The van der Waals surface area contributed by atoms with Crippen molar-refractivity contribution in [1.82, 2.24) is 0 Å². The van der Waals surface area contributed by atoms with Crippen molar-refractivity contribution in [1.29, 1.82) is 0 Å². The molecule has 1 rings (SSSR count). The molecule has 320 valence electrons. The molecular formula is C41H72O14. The van der Waals surface area contributed by atoms with Crippen LogP contribution in [0.25, 0.3) is 0 Å². The Kier molecular flexibility index (Phi) is 22.9. The Morgan fingerprint density at radius 3 is 1.82 bits per heavy atom. The molecule has 1 saturated heterocycles. The van der Waals surface area contributed by atoms with Gasteiger partial charge in [-0.3, -0.25) is 0 Å². The number of aliphatic hydroxyl groups is 9. The zero-order valence-corrected chi connectivity index (χ0v) is 34.6. The maximum absolute atomic E-state index is 12.5. The van der Waals surface area contributed by atoms with E-state index in [0.717, 1.165) is 18.4 Å².